The van der Waals surface area contributed by atoms with E-state index in [1.165, 1.54) is 36.4 Å². The van der Waals surface area contributed by atoms with Crippen molar-refractivity contribution >= 4 is 38.7 Å². The van der Waals surface area contributed by atoms with Crippen LogP contribution < -0.4 is 14.5 Å². The number of nitrogens with one attached hydrogen (secondary N) is 1. The van der Waals surface area contributed by atoms with Crippen LogP contribution in [-0.2, 0) is 19.6 Å². The molecule has 35 heavy (non-hydrogen) atoms. The Morgan fingerprint density at radius 1 is 0.971 bits per heavy atom. The normalized spacial score (nSPS) is 13.8. The molecule has 11 heteroatoms. The van der Waals surface area contributed by atoms with Crippen molar-refractivity contribution in [1.29, 1.82) is 0 Å². The Hall–Kier alpha value is -3.96. The van der Waals surface area contributed by atoms with Crippen molar-refractivity contribution in [2.24, 2.45) is 0 Å². The van der Waals surface area contributed by atoms with E-state index in [2.05, 4.69) is 10.2 Å². The number of amides is 1. The summed E-state index contributed by atoms with van der Waals surface area (Å²) in [5.74, 6) is -0.554. The maximum atomic E-state index is 13.4. The Bertz CT molecular complexity index is 1280. The first-order valence-corrected chi connectivity index (χ1v) is 12.3. The monoisotopic (exact) mass is 496 g/mol. The highest BCUT2D eigenvalue weighted by molar-refractivity contribution is 7.92. The predicted molar refractivity (Wildman–Crippen MR) is 132 cm³/mol. The first-order chi connectivity index (χ1) is 16.8. The van der Waals surface area contributed by atoms with Gasteiger partial charge in [-0.15, -0.1) is 0 Å². The molecule has 0 aromatic heterocycles. The number of sulfonamides is 1. The SMILES string of the molecule is O=C(CN(c1ccc([N+](=O)[O-])cc1)S(=O)(=O)c1ccccc1)Nc1ccc(N2CCOCC2)cc1. The summed E-state index contributed by atoms with van der Waals surface area (Å²) in [6, 6.07) is 20.0. The van der Waals surface area contributed by atoms with E-state index in [1.54, 1.807) is 30.3 Å². The van der Waals surface area contributed by atoms with E-state index >= 15 is 0 Å². The van der Waals surface area contributed by atoms with Gasteiger partial charge in [0.1, 0.15) is 6.54 Å². The molecule has 0 radical (unpaired) electrons. The van der Waals surface area contributed by atoms with Crippen molar-refractivity contribution in [2.75, 3.05) is 47.4 Å². The average molecular weight is 497 g/mol. The maximum Gasteiger partial charge on any atom is 0.269 e. The Morgan fingerprint density at radius 2 is 1.60 bits per heavy atom. The number of nitrogens with zero attached hydrogens (tertiary/aromatic N) is 3. The molecule has 10 nitrogen and oxygen atoms in total. The van der Waals surface area contributed by atoms with Gasteiger partial charge in [0, 0.05) is 36.6 Å². The quantitative estimate of drug-likeness (QED) is 0.375. The van der Waals surface area contributed by atoms with Gasteiger partial charge in [-0.3, -0.25) is 19.2 Å². The number of morpholine rings is 1. The molecule has 4 rings (SSSR count). The predicted octanol–water partition coefficient (Wildman–Crippen LogP) is 3.27. The topological polar surface area (TPSA) is 122 Å². The molecule has 1 aliphatic rings. The molecule has 1 saturated heterocycles. The summed E-state index contributed by atoms with van der Waals surface area (Å²) in [4.78, 5) is 25.5. The Balaban J connectivity index is 1.54. The molecule has 1 aliphatic heterocycles. The van der Waals surface area contributed by atoms with Gasteiger partial charge < -0.3 is 15.0 Å². The second-order valence-corrected chi connectivity index (χ2v) is 9.66. The first-order valence-electron chi connectivity index (χ1n) is 10.9. The highest BCUT2D eigenvalue weighted by Crippen LogP contribution is 2.26. The minimum atomic E-state index is -4.11. The fourth-order valence-corrected chi connectivity index (χ4v) is 5.13. The van der Waals surface area contributed by atoms with Crippen LogP contribution in [0, 0.1) is 10.1 Å². The zero-order valence-corrected chi connectivity index (χ0v) is 19.6. The Labute approximate surface area is 202 Å². The van der Waals surface area contributed by atoms with E-state index in [0.29, 0.717) is 18.9 Å². The fraction of sp³-hybridized carbons (Fsp3) is 0.208. The van der Waals surface area contributed by atoms with Crippen LogP contribution in [0.4, 0.5) is 22.7 Å². The number of carbonyl (C=O) groups excluding carboxylic acids is 1. The molecule has 1 N–H and O–H groups in total. The molecule has 1 fully saturated rings. The number of benzene rings is 3. The van der Waals surface area contributed by atoms with Crippen molar-refractivity contribution in [3.05, 3.63) is 89.0 Å². The van der Waals surface area contributed by atoms with Gasteiger partial charge in [0.15, 0.2) is 0 Å². The van der Waals surface area contributed by atoms with Gasteiger partial charge in [0.25, 0.3) is 15.7 Å². The lowest BCUT2D eigenvalue weighted by atomic mass is 10.2. The molecular weight excluding hydrogens is 472 g/mol. The van der Waals surface area contributed by atoms with Crippen LogP contribution >= 0.6 is 0 Å². The number of carbonyl (C=O) groups is 1. The zero-order valence-electron chi connectivity index (χ0n) is 18.7. The summed E-state index contributed by atoms with van der Waals surface area (Å²) in [7, 11) is -4.11. The molecule has 0 aliphatic carbocycles. The minimum absolute atomic E-state index is 0.000941. The Morgan fingerprint density at radius 3 is 2.20 bits per heavy atom. The second kappa shape index (κ2) is 10.5. The summed E-state index contributed by atoms with van der Waals surface area (Å²) in [6.45, 7) is 2.38. The van der Waals surface area contributed by atoms with E-state index in [9.17, 15) is 23.3 Å². The van der Waals surface area contributed by atoms with E-state index in [1.807, 2.05) is 12.1 Å². The number of non-ortho nitro benzene ring substituents is 1. The molecular formula is C24H24N4O6S. The van der Waals surface area contributed by atoms with Gasteiger partial charge >= 0.3 is 0 Å². The molecule has 0 spiro atoms. The molecule has 0 unspecified atom stereocenters. The minimum Gasteiger partial charge on any atom is -0.378 e. The lowest BCUT2D eigenvalue weighted by Gasteiger charge is -2.29. The van der Waals surface area contributed by atoms with Crippen molar-refractivity contribution in [3.63, 3.8) is 0 Å². The zero-order chi connectivity index (χ0) is 24.8. The fourth-order valence-electron chi connectivity index (χ4n) is 3.68. The van der Waals surface area contributed by atoms with Crippen molar-refractivity contribution in [2.45, 2.75) is 4.90 Å². The lowest BCUT2D eigenvalue weighted by Crippen LogP contribution is -2.38. The van der Waals surface area contributed by atoms with E-state index in [4.69, 9.17) is 4.74 Å². The van der Waals surface area contributed by atoms with Crippen LogP contribution in [0.5, 0.6) is 0 Å². The van der Waals surface area contributed by atoms with Gasteiger partial charge in [-0.2, -0.15) is 0 Å². The van der Waals surface area contributed by atoms with Gasteiger partial charge in [0.05, 0.1) is 28.7 Å². The van der Waals surface area contributed by atoms with Crippen LogP contribution in [0.15, 0.2) is 83.8 Å². The summed E-state index contributed by atoms with van der Waals surface area (Å²) in [5, 5.41) is 13.7. The van der Waals surface area contributed by atoms with E-state index in [-0.39, 0.29) is 16.3 Å². The van der Waals surface area contributed by atoms with Crippen LogP contribution in [0.1, 0.15) is 0 Å². The lowest BCUT2D eigenvalue weighted by molar-refractivity contribution is -0.384. The number of hydrogen-bond acceptors (Lipinski definition) is 7. The van der Waals surface area contributed by atoms with Crippen LogP contribution in [0.3, 0.4) is 0 Å². The van der Waals surface area contributed by atoms with E-state index in [0.717, 1.165) is 23.1 Å². The Kier molecular flexibility index (Phi) is 7.28. The molecule has 1 heterocycles. The highest BCUT2D eigenvalue weighted by atomic mass is 32.2. The van der Waals surface area contributed by atoms with Gasteiger partial charge in [-0.25, -0.2) is 8.42 Å². The number of rotatable bonds is 8. The number of anilines is 3. The molecule has 1 amide bonds. The van der Waals surface area contributed by atoms with Crippen molar-refractivity contribution in [3.8, 4) is 0 Å². The molecule has 3 aromatic rings. The summed E-state index contributed by atoms with van der Waals surface area (Å²) < 4.78 is 33.0. The summed E-state index contributed by atoms with van der Waals surface area (Å²) in [6.07, 6.45) is 0. The molecule has 3 aromatic carbocycles. The number of nitro benzene ring substituents is 1. The third-order valence-electron chi connectivity index (χ3n) is 5.49. The number of hydrogen-bond donors (Lipinski definition) is 1. The number of nitro groups is 1. The largest absolute Gasteiger partial charge is 0.378 e. The van der Waals surface area contributed by atoms with Crippen LogP contribution in [0.2, 0.25) is 0 Å². The third-order valence-corrected chi connectivity index (χ3v) is 7.28. The molecule has 0 bridgehead atoms. The maximum absolute atomic E-state index is 13.4. The standard InChI is InChI=1S/C24H24N4O6S/c29-24(25-19-6-8-20(9-7-19)26-14-16-34-17-15-26)18-27(21-10-12-22(13-11-21)28(30)31)35(32,33)23-4-2-1-3-5-23/h1-13H,14-18H2,(H,25,29). The third kappa shape index (κ3) is 5.76. The van der Waals surface area contributed by atoms with Gasteiger partial charge in [0.2, 0.25) is 5.91 Å². The summed E-state index contributed by atoms with van der Waals surface area (Å²) in [5.41, 5.74) is 1.48. The molecule has 182 valence electrons. The van der Waals surface area contributed by atoms with Crippen LogP contribution in [0.25, 0.3) is 0 Å². The summed E-state index contributed by atoms with van der Waals surface area (Å²) >= 11 is 0. The number of ether oxygens (including phenoxy) is 1. The molecule has 0 saturated carbocycles. The van der Waals surface area contributed by atoms with Crippen molar-refractivity contribution < 1.29 is 22.9 Å². The van der Waals surface area contributed by atoms with Crippen molar-refractivity contribution in [1.82, 2.24) is 0 Å². The van der Waals surface area contributed by atoms with E-state index < -0.39 is 27.4 Å². The smallest absolute Gasteiger partial charge is 0.269 e. The second-order valence-electron chi connectivity index (χ2n) is 7.79. The van der Waals surface area contributed by atoms with Gasteiger partial charge in [-0.1, -0.05) is 18.2 Å². The molecule has 0 atom stereocenters. The first kappa shape index (κ1) is 24.2. The van der Waals surface area contributed by atoms with Gasteiger partial charge in [-0.05, 0) is 48.5 Å². The highest BCUT2D eigenvalue weighted by Gasteiger charge is 2.27. The average Bonchev–Trinajstić information content (AvgIpc) is 2.89. The van der Waals surface area contributed by atoms with Crippen LogP contribution in [-0.4, -0.2) is 52.1 Å².